The third kappa shape index (κ3) is 2.73. The fourth-order valence-corrected chi connectivity index (χ4v) is 2.73. The fourth-order valence-electron chi connectivity index (χ4n) is 2.73. The van der Waals surface area contributed by atoms with Crippen molar-refractivity contribution in [3.05, 3.63) is 35.9 Å². The van der Waals surface area contributed by atoms with Crippen LogP contribution < -0.4 is 0 Å². The lowest BCUT2D eigenvalue weighted by Gasteiger charge is -2.45. The Hall–Kier alpha value is -0.980. The highest BCUT2D eigenvalue weighted by Gasteiger charge is 2.44. The molecule has 5 nitrogen and oxygen atoms in total. The lowest BCUT2D eigenvalue weighted by Crippen LogP contribution is -2.55. The molecule has 2 saturated heterocycles. The van der Waals surface area contributed by atoms with Gasteiger partial charge in [-0.25, -0.2) is 0 Å². The van der Waals surface area contributed by atoms with Gasteiger partial charge in [0.2, 0.25) is 0 Å². The Morgan fingerprint density at radius 1 is 1.05 bits per heavy atom. The molecule has 110 valence electrons. The number of methoxy groups -OCH3 is 2. The van der Waals surface area contributed by atoms with Crippen LogP contribution in [0.5, 0.6) is 0 Å². The highest BCUT2D eigenvalue weighted by atomic mass is 16.7. The van der Waals surface area contributed by atoms with Crippen molar-refractivity contribution in [2.45, 2.75) is 37.3 Å². The Bertz CT molecular complexity index is 416. The summed E-state index contributed by atoms with van der Waals surface area (Å²) in [5.41, 5.74) is 1.01. The van der Waals surface area contributed by atoms with E-state index in [4.69, 9.17) is 23.7 Å². The van der Waals surface area contributed by atoms with Gasteiger partial charge in [-0.2, -0.15) is 0 Å². The van der Waals surface area contributed by atoms with Gasteiger partial charge in [-0.05, 0) is 0 Å². The normalized spacial score (nSPS) is 37.4. The van der Waals surface area contributed by atoms with Gasteiger partial charge in [0.25, 0.3) is 0 Å². The average molecular weight is 280 g/mol. The van der Waals surface area contributed by atoms with Crippen LogP contribution in [0.25, 0.3) is 0 Å². The first-order valence-corrected chi connectivity index (χ1v) is 6.85. The van der Waals surface area contributed by atoms with Gasteiger partial charge < -0.3 is 23.7 Å². The van der Waals surface area contributed by atoms with E-state index in [0.29, 0.717) is 13.0 Å². The van der Waals surface area contributed by atoms with E-state index in [1.54, 1.807) is 14.2 Å². The summed E-state index contributed by atoms with van der Waals surface area (Å²) in [6, 6.07) is 9.91. The summed E-state index contributed by atoms with van der Waals surface area (Å²) in [4.78, 5) is 0. The first-order valence-electron chi connectivity index (χ1n) is 6.85. The first-order chi connectivity index (χ1) is 9.81. The summed E-state index contributed by atoms with van der Waals surface area (Å²) >= 11 is 0. The van der Waals surface area contributed by atoms with E-state index in [-0.39, 0.29) is 30.9 Å². The molecule has 0 bridgehead atoms. The van der Waals surface area contributed by atoms with Gasteiger partial charge in [0, 0.05) is 26.2 Å². The summed E-state index contributed by atoms with van der Waals surface area (Å²) < 4.78 is 28.4. The number of hydrogen-bond donors (Lipinski definition) is 0. The van der Waals surface area contributed by atoms with Crippen LogP contribution in [-0.2, 0) is 23.7 Å². The van der Waals surface area contributed by atoms with E-state index in [1.165, 1.54) is 0 Å². The largest absolute Gasteiger partial charge is 0.378 e. The molecule has 2 fully saturated rings. The zero-order valence-corrected chi connectivity index (χ0v) is 11.7. The Kier molecular flexibility index (Phi) is 4.33. The fraction of sp³-hybridized carbons (Fsp3) is 0.600. The van der Waals surface area contributed by atoms with Crippen molar-refractivity contribution in [2.24, 2.45) is 0 Å². The number of benzene rings is 1. The van der Waals surface area contributed by atoms with E-state index in [2.05, 4.69) is 0 Å². The predicted octanol–water partition coefficient (Wildman–Crippen LogP) is 1.88. The Labute approximate surface area is 118 Å². The van der Waals surface area contributed by atoms with Gasteiger partial charge >= 0.3 is 0 Å². The minimum absolute atomic E-state index is 0.0474. The summed E-state index contributed by atoms with van der Waals surface area (Å²) in [5.74, 6) is 0. The maximum Gasteiger partial charge on any atom is 0.184 e. The molecular formula is C15H20O5. The van der Waals surface area contributed by atoms with E-state index >= 15 is 0 Å². The van der Waals surface area contributed by atoms with Crippen LogP contribution in [-0.4, -0.2) is 45.4 Å². The van der Waals surface area contributed by atoms with Crippen LogP contribution >= 0.6 is 0 Å². The quantitative estimate of drug-likeness (QED) is 0.846. The van der Waals surface area contributed by atoms with E-state index in [1.807, 2.05) is 30.3 Å². The molecule has 0 aliphatic carbocycles. The van der Waals surface area contributed by atoms with Crippen molar-refractivity contribution in [3.8, 4) is 0 Å². The molecule has 2 aliphatic rings. The number of ether oxygens (including phenoxy) is 5. The average Bonchev–Trinajstić information content (AvgIpc) is 2.54. The van der Waals surface area contributed by atoms with Crippen molar-refractivity contribution in [3.63, 3.8) is 0 Å². The third-order valence-corrected chi connectivity index (χ3v) is 3.81. The smallest absolute Gasteiger partial charge is 0.184 e. The first kappa shape index (κ1) is 14.0. The van der Waals surface area contributed by atoms with Gasteiger partial charge in [-0.1, -0.05) is 30.3 Å². The van der Waals surface area contributed by atoms with Gasteiger partial charge in [0.15, 0.2) is 12.6 Å². The van der Waals surface area contributed by atoms with Crippen LogP contribution in [0.3, 0.4) is 0 Å². The molecule has 0 radical (unpaired) electrons. The molecule has 20 heavy (non-hydrogen) atoms. The molecule has 0 amide bonds. The van der Waals surface area contributed by atoms with Crippen molar-refractivity contribution in [1.29, 1.82) is 0 Å². The summed E-state index contributed by atoms with van der Waals surface area (Å²) in [7, 11) is 3.32. The van der Waals surface area contributed by atoms with Crippen molar-refractivity contribution in [1.82, 2.24) is 0 Å². The molecular weight excluding hydrogens is 260 g/mol. The molecule has 5 heteroatoms. The van der Waals surface area contributed by atoms with Crippen molar-refractivity contribution < 1.29 is 23.7 Å². The molecule has 0 saturated carbocycles. The number of fused-ring (bicyclic) bond motifs is 1. The summed E-state index contributed by atoms with van der Waals surface area (Å²) in [5, 5.41) is 0. The van der Waals surface area contributed by atoms with Gasteiger partial charge in [-0.3, -0.25) is 0 Å². The maximum atomic E-state index is 6.04. The standard InChI is InChI=1S/C15H20O5/c1-16-11-8-13(17-2)19-12-9-18-15(20-14(11)12)10-6-4-3-5-7-10/h3-7,11-15H,8-9H2,1-2H3. The molecule has 3 rings (SSSR count). The molecule has 1 aromatic rings. The zero-order chi connectivity index (χ0) is 13.9. The molecule has 2 heterocycles. The lowest BCUT2D eigenvalue weighted by molar-refractivity contribution is -0.336. The Balaban J connectivity index is 1.73. The second-order valence-electron chi connectivity index (χ2n) is 5.03. The highest BCUT2D eigenvalue weighted by Crippen LogP contribution is 2.34. The third-order valence-electron chi connectivity index (χ3n) is 3.81. The van der Waals surface area contributed by atoms with Gasteiger partial charge in [0.05, 0.1) is 12.7 Å². The summed E-state index contributed by atoms with van der Waals surface area (Å²) in [6.07, 6.45) is -0.299. The zero-order valence-electron chi connectivity index (χ0n) is 11.7. The Morgan fingerprint density at radius 2 is 1.85 bits per heavy atom. The van der Waals surface area contributed by atoms with Crippen molar-refractivity contribution >= 4 is 0 Å². The van der Waals surface area contributed by atoms with Crippen LogP contribution in [0.2, 0.25) is 0 Å². The minimum Gasteiger partial charge on any atom is -0.378 e. The molecule has 1 aromatic carbocycles. The molecule has 5 unspecified atom stereocenters. The lowest BCUT2D eigenvalue weighted by atomic mass is 10.00. The molecule has 5 atom stereocenters. The number of rotatable bonds is 3. The number of hydrogen-bond acceptors (Lipinski definition) is 5. The minimum atomic E-state index is -0.363. The van der Waals surface area contributed by atoms with E-state index < -0.39 is 0 Å². The monoisotopic (exact) mass is 280 g/mol. The molecule has 0 aromatic heterocycles. The summed E-state index contributed by atoms with van der Waals surface area (Å²) in [6.45, 7) is 0.476. The Morgan fingerprint density at radius 3 is 2.55 bits per heavy atom. The topological polar surface area (TPSA) is 46.2 Å². The molecule has 0 spiro atoms. The molecule has 2 aliphatic heterocycles. The SMILES string of the molecule is COC1CC(OC)C2OC(c3ccccc3)OCC2O1. The second-order valence-corrected chi connectivity index (χ2v) is 5.03. The molecule has 0 N–H and O–H groups in total. The predicted molar refractivity (Wildman–Crippen MR) is 71.1 cm³/mol. The maximum absolute atomic E-state index is 6.04. The van der Waals surface area contributed by atoms with Crippen LogP contribution in [0.4, 0.5) is 0 Å². The van der Waals surface area contributed by atoms with Gasteiger partial charge in [-0.15, -0.1) is 0 Å². The van der Waals surface area contributed by atoms with Crippen LogP contribution in [0.15, 0.2) is 30.3 Å². The highest BCUT2D eigenvalue weighted by molar-refractivity contribution is 5.16. The van der Waals surface area contributed by atoms with Gasteiger partial charge in [0.1, 0.15) is 12.2 Å². The van der Waals surface area contributed by atoms with E-state index in [0.717, 1.165) is 5.56 Å². The second kappa shape index (κ2) is 6.20. The van der Waals surface area contributed by atoms with Crippen molar-refractivity contribution in [2.75, 3.05) is 20.8 Å². The van der Waals surface area contributed by atoms with E-state index in [9.17, 15) is 0 Å². The van der Waals surface area contributed by atoms with Crippen LogP contribution in [0.1, 0.15) is 18.3 Å². The van der Waals surface area contributed by atoms with Crippen LogP contribution in [0, 0.1) is 0 Å².